The predicted molar refractivity (Wildman–Crippen MR) is 86.8 cm³/mol. The smallest absolute Gasteiger partial charge is 0.251 e. The number of nitrogens with one attached hydrogen (secondary N) is 1. The fourth-order valence-electron chi connectivity index (χ4n) is 1.89. The zero-order chi connectivity index (χ0) is 14.8. The van der Waals surface area contributed by atoms with E-state index in [0.717, 1.165) is 36.9 Å². The quantitative estimate of drug-likeness (QED) is 0.689. The standard InChI is InChI=1S/C16H24BrNO2/c1-3-10-20-15-7-5-6-14(11-15)16(19)18-12-13(4-2)8-9-17/h5-7,11,13H,3-4,8-10,12H2,1-2H3,(H,18,19). The van der Waals surface area contributed by atoms with Crippen LogP contribution in [0.4, 0.5) is 0 Å². The number of rotatable bonds is 9. The molecule has 0 heterocycles. The Balaban J connectivity index is 2.54. The number of carbonyl (C=O) groups excluding carboxylic acids is 1. The highest BCUT2D eigenvalue weighted by Crippen LogP contribution is 2.14. The fourth-order valence-corrected chi connectivity index (χ4v) is 2.54. The van der Waals surface area contributed by atoms with Gasteiger partial charge in [-0.3, -0.25) is 4.79 Å². The molecule has 1 aromatic rings. The van der Waals surface area contributed by atoms with Gasteiger partial charge in [0, 0.05) is 17.4 Å². The van der Waals surface area contributed by atoms with Crippen molar-refractivity contribution in [3.05, 3.63) is 29.8 Å². The van der Waals surface area contributed by atoms with Gasteiger partial charge in [0.15, 0.2) is 0 Å². The lowest BCUT2D eigenvalue weighted by molar-refractivity contribution is 0.0946. The molecule has 1 amide bonds. The molecule has 1 unspecified atom stereocenters. The van der Waals surface area contributed by atoms with E-state index in [4.69, 9.17) is 4.74 Å². The lowest BCUT2D eigenvalue weighted by Gasteiger charge is -2.14. The van der Waals surface area contributed by atoms with Gasteiger partial charge in [-0.25, -0.2) is 0 Å². The third-order valence-corrected chi connectivity index (χ3v) is 3.67. The molecule has 0 aliphatic rings. The monoisotopic (exact) mass is 341 g/mol. The lowest BCUT2D eigenvalue weighted by atomic mass is 10.0. The Hall–Kier alpha value is -1.03. The van der Waals surface area contributed by atoms with E-state index in [1.807, 2.05) is 18.2 Å². The number of hydrogen-bond donors (Lipinski definition) is 1. The average Bonchev–Trinajstić information content (AvgIpc) is 2.49. The summed E-state index contributed by atoms with van der Waals surface area (Å²) in [5.74, 6) is 1.25. The highest BCUT2D eigenvalue weighted by molar-refractivity contribution is 9.09. The summed E-state index contributed by atoms with van der Waals surface area (Å²) in [5, 5.41) is 3.98. The van der Waals surface area contributed by atoms with Crippen molar-refractivity contribution in [2.24, 2.45) is 5.92 Å². The van der Waals surface area contributed by atoms with Gasteiger partial charge in [-0.05, 0) is 37.0 Å². The van der Waals surface area contributed by atoms with Gasteiger partial charge in [0.05, 0.1) is 6.61 Å². The summed E-state index contributed by atoms with van der Waals surface area (Å²) < 4.78 is 5.55. The molecule has 1 N–H and O–H groups in total. The van der Waals surface area contributed by atoms with Gasteiger partial charge in [0.1, 0.15) is 5.75 Å². The van der Waals surface area contributed by atoms with Crippen LogP contribution in [0.5, 0.6) is 5.75 Å². The van der Waals surface area contributed by atoms with Crippen LogP contribution in [0.15, 0.2) is 24.3 Å². The average molecular weight is 342 g/mol. The molecule has 4 heteroatoms. The van der Waals surface area contributed by atoms with Crippen LogP contribution in [-0.2, 0) is 0 Å². The fraction of sp³-hybridized carbons (Fsp3) is 0.562. The minimum atomic E-state index is -0.0278. The summed E-state index contributed by atoms with van der Waals surface area (Å²) in [6, 6.07) is 7.36. The topological polar surface area (TPSA) is 38.3 Å². The Morgan fingerprint density at radius 2 is 2.20 bits per heavy atom. The molecule has 0 aliphatic heterocycles. The molecule has 0 aliphatic carbocycles. The van der Waals surface area contributed by atoms with Gasteiger partial charge in [0.25, 0.3) is 5.91 Å². The molecule has 0 bridgehead atoms. The number of carbonyl (C=O) groups is 1. The van der Waals surface area contributed by atoms with Gasteiger partial charge in [0.2, 0.25) is 0 Å². The SMILES string of the molecule is CCCOc1cccc(C(=O)NCC(CC)CCBr)c1. The molecule has 0 saturated heterocycles. The zero-order valence-electron chi connectivity index (χ0n) is 12.3. The minimum Gasteiger partial charge on any atom is -0.494 e. The number of benzene rings is 1. The summed E-state index contributed by atoms with van der Waals surface area (Å²) in [4.78, 5) is 12.1. The van der Waals surface area contributed by atoms with Crippen molar-refractivity contribution in [1.82, 2.24) is 5.32 Å². The molecule has 1 rings (SSSR count). The van der Waals surface area contributed by atoms with Crippen molar-refractivity contribution in [3.8, 4) is 5.75 Å². The molecule has 0 fully saturated rings. The first-order valence-corrected chi connectivity index (χ1v) is 8.40. The van der Waals surface area contributed by atoms with Crippen molar-refractivity contribution in [2.45, 2.75) is 33.1 Å². The van der Waals surface area contributed by atoms with E-state index >= 15 is 0 Å². The number of hydrogen-bond acceptors (Lipinski definition) is 2. The second-order valence-corrected chi connectivity index (χ2v) is 5.63. The highest BCUT2D eigenvalue weighted by atomic mass is 79.9. The molecule has 0 radical (unpaired) electrons. The van der Waals surface area contributed by atoms with E-state index in [-0.39, 0.29) is 5.91 Å². The van der Waals surface area contributed by atoms with Crippen LogP contribution in [0.3, 0.4) is 0 Å². The number of ether oxygens (including phenoxy) is 1. The van der Waals surface area contributed by atoms with Crippen molar-refractivity contribution < 1.29 is 9.53 Å². The first-order valence-electron chi connectivity index (χ1n) is 7.28. The second kappa shape index (κ2) is 9.81. The second-order valence-electron chi connectivity index (χ2n) is 4.84. The predicted octanol–water partition coefficient (Wildman–Crippen LogP) is 4.02. The van der Waals surface area contributed by atoms with Crippen LogP contribution in [-0.4, -0.2) is 24.4 Å². The Morgan fingerprint density at radius 1 is 1.40 bits per heavy atom. The first kappa shape index (κ1) is 17.0. The molecule has 1 atom stereocenters. The van der Waals surface area contributed by atoms with E-state index in [1.165, 1.54) is 0 Å². The van der Waals surface area contributed by atoms with Crippen LogP contribution >= 0.6 is 15.9 Å². The lowest BCUT2D eigenvalue weighted by Crippen LogP contribution is -2.29. The van der Waals surface area contributed by atoms with Gasteiger partial charge >= 0.3 is 0 Å². The zero-order valence-corrected chi connectivity index (χ0v) is 13.9. The third-order valence-electron chi connectivity index (χ3n) is 3.22. The van der Waals surface area contributed by atoms with Crippen LogP contribution in [0.2, 0.25) is 0 Å². The van der Waals surface area contributed by atoms with Gasteiger partial charge in [-0.2, -0.15) is 0 Å². The van der Waals surface area contributed by atoms with Crippen molar-refractivity contribution >= 4 is 21.8 Å². The van der Waals surface area contributed by atoms with Crippen molar-refractivity contribution in [3.63, 3.8) is 0 Å². The number of amides is 1. The van der Waals surface area contributed by atoms with Gasteiger partial charge in [-0.1, -0.05) is 42.3 Å². The molecular formula is C16H24BrNO2. The first-order chi connectivity index (χ1) is 9.71. The molecule has 0 aromatic heterocycles. The van der Waals surface area contributed by atoms with E-state index in [0.29, 0.717) is 18.1 Å². The maximum atomic E-state index is 12.1. The maximum Gasteiger partial charge on any atom is 0.251 e. The largest absolute Gasteiger partial charge is 0.494 e. The normalized spacial score (nSPS) is 11.9. The van der Waals surface area contributed by atoms with E-state index in [2.05, 4.69) is 35.1 Å². The van der Waals surface area contributed by atoms with Crippen molar-refractivity contribution in [2.75, 3.05) is 18.5 Å². The molecule has 0 saturated carbocycles. The molecule has 0 spiro atoms. The summed E-state index contributed by atoms with van der Waals surface area (Å²) in [6.07, 6.45) is 3.11. The number of alkyl halides is 1. The Bertz CT molecular complexity index is 409. The van der Waals surface area contributed by atoms with E-state index in [9.17, 15) is 4.79 Å². The molecule has 112 valence electrons. The Labute approximate surface area is 130 Å². The van der Waals surface area contributed by atoms with Crippen LogP contribution in [0.1, 0.15) is 43.5 Å². The number of halogens is 1. The molecule has 1 aromatic carbocycles. The van der Waals surface area contributed by atoms with E-state index < -0.39 is 0 Å². The summed E-state index contributed by atoms with van der Waals surface area (Å²) in [6.45, 7) is 5.61. The third kappa shape index (κ3) is 5.95. The van der Waals surface area contributed by atoms with E-state index in [1.54, 1.807) is 6.07 Å². The summed E-state index contributed by atoms with van der Waals surface area (Å²) >= 11 is 3.45. The Morgan fingerprint density at radius 3 is 2.85 bits per heavy atom. The summed E-state index contributed by atoms with van der Waals surface area (Å²) in [7, 11) is 0. The maximum absolute atomic E-state index is 12.1. The minimum absolute atomic E-state index is 0.0278. The van der Waals surface area contributed by atoms with Gasteiger partial charge in [-0.15, -0.1) is 0 Å². The van der Waals surface area contributed by atoms with Crippen LogP contribution in [0.25, 0.3) is 0 Å². The highest BCUT2D eigenvalue weighted by Gasteiger charge is 2.10. The summed E-state index contributed by atoms with van der Waals surface area (Å²) in [5.41, 5.74) is 0.660. The van der Waals surface area contributed by atoms with Crippen LogP contribution < -0.4 is 10.1 Å². The Kier molecular flexibility index (Phi) is 8.35. The molecular weight excluding hydrogens is 318 g/mol. The molecule has 20 heavy (non-hydrogen) atoms. The van der Waals surface area contributed by atoms with Crippen LogP contribution in [0, 0.1) is 5.92 Å². The molecule has 3 nitrogen and oxygen atoms in total. The van der Waals surface area contributed by atoms with Gasteiger partial charge < -0.3 is 10.1 Å². The van der Waals surface area contributed by atoms with Crippen molar-refractivity contribution in [1.29, 1.82) is 0 Å².